The van der Waals surface area contributed by atoms with Crippen molar-refractivity contribution in [1.82, 2.24) is 20.0 Å². The number of β-amino-alcohol motifs (C(OH)–C–C–N with tert-alkyl or cyclic N) is 1. The molecule has 1 aliphatic rings. The van der Waals surface area contributed by atoms with Crippen LogP contribution in [0.2, 0.25) is 0 Å². The minimum Gasteiger partial charge on any atom is -0.390 e. The predicted molar refractivity (Wildman–Crippen MR) is 73.0 cm³/mol. The van der Waals surface area contributed by atoms with Gasteiger partial charge in [0, 0.05) is 39.4 Å². The summed E-state index contributed by atoms with van der Waals surface area (Å²) in [5.74, 6) is 0. The van der Waals surface area contributed by atoms with E-state index in [-0.39, 0.29) is 6.10 Å². The second kappa shape index (κ2) is 7.59. The maximum Gasteiger partial charge on any atom is 0.0791 e. The highest BCUT2D eigenvalue weighted by Crippen LogP contribution is 1.99. The molecule has 1 fully saturated rings. The molecular formula is C13H24N4O2. The van der Waals surface area contributed by atoms with Crippen LogP contribution >= 0.6 is 0 Å². The number of aryl methyl sites for hydroxylation is 1. The van der Waals surface area contributed by atoms with E-state index in [0.717, 1.165) is 45.8 Å². The molecule has 0 aliphatic carbocycles. The highest BCUT2D eigenvalue weighted by atomic mass is 16.5. The summed E-state index contributed by atoms with van der Waals surface area (Å²) < 4.78 is 7.09. The molecular weight excluding hydrogens is 244 g/mol. The summed E-state index contributed by atoms with van der Waals surface area (Å²) in [4.78, 5) is 2.25. The molecule has 0 amide bonds. The quantitative estimate of drug-likeness (QED) is 0.637. The normalized spacial score (nSPS) is 18.6. The Kier molecular flexibility index (Phi) is 5.78. The molecule has 2 N–H and O–H groups in total. The number of hydrogen-bond donors (Lipinski definition) is 2. The lowest BCUT2D eigenvalue weighted by Gasteiger charge is -2.28. The molecule has 1 aromatic rings. The van der Waals surface area contributed by atoms with Crippen molar-refractivity contribution in [3.05, 3.63) is 18.0 Å². The first-order valence-electron chi connectivity index (χ1n) is 6.90. The van der Waals surface area contributed by atoms with Gasteiger partial charge in [0.05, 0.1) is 25.5 Å². The lowest BCUT2D eigenvalue weighted by atomic mass is 10.2. The Labute approximate surface area is 114 Å². The lowest BCUT2D eigenvalue weighted by molar-refractivity contribution is 0.0150. The topological polar surface area (TPSA) is 62.5 Å². The highest BCUT2D eigenvalue weighted by molar-refractivity contribution is 5.03. The van der Waals surface area contributed by atoms with Crippen LogP contribution < -0.4 is 5.32 Å². The van der Waals surface area contributed by atoms with E-state index in [2.05, 4.69) is 15.3 Å². The average molecular weight is 268 g/mol. The van der Waals surface area contributed by atoms with Gasteiger partial charge in [-0.05, 0) is 18.5 Å². The zero-order valence-corrected chi connectivity index (χ0v) is 11.6. The van der Waals surface area contributed by atoms with E-state index < -0.39 is 0 Å². The molecule has 0 radical (unpaired) electrons. The number of aromatic nitrogens is 2. The number of aliphatic hydroxyl groups is 1. The molecule has 1 saturated heterocycles. The minimum absolute atomic E-state index is 0.313. The van der Waals surface area contributed by atoms with Crippen LogP contribution in [0.25, 0.3) is 0 Å². The van der Waals surface area contributed by atoms with Gasteiger partial charge < -0.3 is 15.2 Å². The van der Waals surface area contributed by atoms with E-state index in [0.29, 0.717) is 6.54 Å². The summed E-state index contributed by atoms with van der Waals surface area (Å²) >= 11 is 0. The van der Waals surface area contributed by atoms with Crippen molar-refractivity contribution in [2.75, 3.05) is 45.9 Å². The predicted octanol–water partition coefficient (Wildman–Crippen LogP) is -0.755. The molecule has 0 aromatic carbocycles. The van der Waals surface area contributed by atoms with E-state index >= 15 is 0 Å². The third-order valence-electron chi connectivity index (χ3n) is 3.30. The summed E-state index contributed by atoms with van der Waals surface area (Å²) in [5, 5.41) is 17.4. The number of aliphatic hydroxyl groups excluding tert-OH is 1. The molecule has 6 heteroatoms. The van der Waals surface area contributed by atoms with Gasteiger partial charge in [-0.15, -0.1) is 0 Å². The lowest BCUT2D eigenvalue weighted by Crippen LogP contribution is -2.43. The summed E-state index contributed by atoms with van der Waals surface area (Å²) in [5.41, 5.74) is 1.22. The van der Waals surface area contributed by atoms with Gasteiger partial charge in [-0.2, -0.15) is 5.10 Å². The fourth-order valence-electron chi connectivity index (χ4n) is 2.25. The Morgan fingerprint density at radius 2 is 2.26 bits per heavy atom. The van der Waals surface area contributed by atoms with Crippen molar-refractivity contribution >= 4 is 0 Å². The van der Waals surface area contributed by atoms with Crippen LogP contribution in [0.5, 0.6) is 0 Å². The molecule has 0 spiro atoms. The SMILES string of the molecule is Cn1cc(CCNCC(O)CN2CCOCC2)cn1. The van der Waals surface area contributed by atoms with Gasteiger partial charge in [-0.3, -0.25) is 9.58 Å². The fourth-order valence-corrected chi connectivity index (χ4v) is 2.25. The first-order chi connectivity index (χ1) is 9.24. The summed E-state index contributed by atoms with van der Waals surface area (Å²) in [6, 6.07) is 0. The number of nitrogens with zero attached hydrogens (tertiary/aromatic N) is 3. The molecule has 1 atom stereocenters. The maximum atomic E-state index is 9.94. The standard InChI is InChI=1S/C13H24N4O2/c1-16-10-12(8-15-16)2-3-14-9-13(18)11-17-4-6-19-7-5-17/h8,10,13-14,18H,2-7,9,11H2,1H3. The van der Waals surface area contributed by atoms with E-state index in [9.17, 15) is 5.11 Å². The summed E-state index contributed by atoms with van der Waals surface area (Å²) in [7, 11) is 1.92. The van der Waals surface area contributed by atoms with Crippen LogP contribution in [0.15, 0.2) is 12.4 Å². The molecule has 1 unspecified atom stereocenters. The number of hydrogen-bond acceptors (Lipinski definition) is 5. The molecule has 0 bridgehead atoms. The van der Waals surface area contributed by atoms with Gasteiger partial charge in [0.25, 0.3) is 0 Å². The van der Waals surface area contributed by atoms with Crippen molar-refractivity contribution in [2.45, 2.75) is 12.5 Å². The molecule has 0 saturated carbocycles. The van der Waals surface area contributed by atoms with Gasteiger partial charge in [0.15, 0.2) is 0 Å². The van der Waals surface area contributed by atoms with Gasteiger partial charge in [0.2, 0.25) is 0 Å². The van der Waals surface area contributed by atoms with Crippen LogP contribution in [-0.2, 0) is 18.2 Å². The second-order valence-corrected chi connectivity index (χ2v) is 5.04. The molecule has 6 nitrogen and oxygen atoms in total. The van der Waals surface area contributed by atoms with E-state index in [1.807, 2.05) is 24.1 Å². The highest BCUT2D eigenvalue weighted by Gasteiger charge is 2.14. The zero-order valence-electron chi connectivity index (χ0n) is 11.6. The third-order valence-corrected chi connectivity index (χ3v) is 3.30. The van der Waals surface area contributed by atoms with Crippen LogP contribution in [0, 0.1) is 0 Å². The van der Waals surface area contributed by atoms with E-state index in [4.69, 9.17) is 4.74 Å². The van der Waals surface area contributed by atoms with Gasteiger partial charge in [-0.25, -0.2) is 0 Å². The molecule has 2 rings (SSSR count). The van der Waals surface area contributed by atoms with Crippen molar-refractivity contribution < 1.29 is 9.84 Å². The molecule has 19 heavy (non-hydrogen) atoms. The largest absolute Gasteiger partial charge is 0.390 e. The number of ether oxygens (including phenoxy) is 1. The maximum absolute atomic E-state index is 9.94. The minimum atomic E-state index is -0.313. The molecule has 1 aromatic heterocycles. The Balaban J connectivity index is 1.54. The number of nitrogens with one attached hydrogen (secondary N) is 1. The van der Waals surface area contributed by atoms with Gasteiger partial charge in [-0.1, -0.05) is 0 Å². The van der Waals surface area contributed by atoms with Gasteiger partial charge in [0.1, 0.15) is 0 Å². The Bertz CT molecular complexity index is 363. The monoisotopic (exact) mass is 268 g/mol. The molecule has 2 heterocycles. The average Bonchev–Trinajstić information content (AvgIpc) is 2.82. The van der Waals surface area contributed by atoms with Crippen molar-refractivity contribution in [2.24, 2.45) is 7.05 Å². The zero-order chi connectivity index (χ0) is 13.5. The van der Waals surface area contributed by atoms with Crippen LogP contribution in [0.1, 0.15) is 5.56 Å². The third kappa shape index (κ3) is 5.28. The van der Waals surface area contributed by atoms with E-state index in [1.165, 1.54) is 5.56 Å². The first kappa shape index (κ1) is 14.5. The smallest absolute Gasteiger partial charge is 0.0791 e. The summed E-state index contributed by atoms with van der Waals surface area (Å²) in [6.45, 7) is 5.63. The van der Waals surface area contributed by atoms with Crippen LogP contribution in [0.4, 0.5) is 0 Å². The number of morpholine rings is 1. The first-order valence-corrected chi connectivity index (χ1v) is 6.90. The Morgan fingerprint density at radius 3 is 2.95 bits per heavy atom. The molecule has 1 aliphatic heterocycles. The second-order valence-electron chi connectivity index (χ2n) is 5.04. The summed E-state index contributed by atoms with van der Waals surface area (Å²) in [6.07, 6.45) is 4.53. The van der Waals surface area contributed by atoms with Crippen LogP contribution in [0.3, 0.4) is 0 Å². The van der Waals surface area contributed by atoms with Crippen molar-refractivity contribution in [3.8, 4) is 0 Å². The Hall–Kier alpha value is -0.950. The van der Waals surface area contributed by atoms with Crippen LogP contribution in [-0.4, -0.2) is 71.8 Å². The van der Waals surface area contributed by atoms with Crippen molar-refractivity contribution in [3.63, 3.8) is 0 Å². The Morgan fingerprint density at radius 1 is 1.47 bits per heavy atom. The number of rotatable bonds is 7. The van der Waals surface area contributed by atoms with Gasteiger partial charge >= 0.3 is 0 Å². The van der Waals surface area contributed by atoms with E-state index in [1.54, 1.807) is 0 Å². The van der Waals surface area contributed by atoms with Crippen molar-refractivity contribution in [1.29, 1.82) is 0 Å². The molecule has 108 valence electrons. The fraction of sp³-hybridized carbons (Fsp3) is 0.769.